The van der Waals surface area contributed by atoms with Crippen LogP contribution in [0.3, 0.4) is 0 Å². The summed E-state index contributed by atoms with van der Waals surface area (Å²) in [5, 5.41) is 0. The van der Waals surface area contributed by atoms with Crippen LogP contribution in [-0.2, 0) is 4.79 Å². The average Bonchev–Trinajstić information content (AvgIpc) is 2.91. The molecule has 2 rings (SSSR count). The van der Waals surface area contributed by atoms with E-state index in [0.29, 0.717) is 6.07 Å². The van der Waals surface area contributed by atoms with Crippen molar-refractivity contribution in [2.24, 2.45) is 0 Å². The number of rotatable bonds is 5. The van der Waals surface area contributed by atoms with Crippen LogP contribution in [0.2, 0.25) is 0 Å². The molecule has 1 aromatic rings. The van der Waals surface area contributed by atoms with Gasteiger partial charge in [-0.3, -0.25) is 14.5 Å². The highest BCUT2D eigenvalue weighted by atomic mass is 19.1. The molecule has 1 saturated heterocycles. The first-order chi connectivity index (χ1) is 9.97. The van der Waals surface area contributed by atoms with E-state index >= 15 is 0 Å². The predicted octanol–water partition coefficient (Wildman–Crippen LogP) is 1.70. The van der Waals surface area contributed by atoms with E-state index < -0.39 is 17.4 Å². The lowest BCUT2D eigenvalue weighted by Crippen LogP contribution is -2.39. The van der Waals surface area contributed by atoms with Crippen molar-refractivity contribution < 1.29 is 18.4 Å². The highest BCUT2D eigenvalue weighted by Crippen LogP contribution is 2.11. The number of benzene rings is 1. The first kappa shape index (κ1) is 15.6. The number of hydrogen-bond acceptors (Lipinski definition) is 3. The molecule has 0 N–H and O–H groups in total. The molecule has 1 amide bonds. The molecule has 0 aromatic heterocycles. The third-order valence-corrected chi connectivity index (χ3v) is 3.51. The average molecular weight is 296 g/mol. The Morgan fingerprint density at radius 3 is 2.48 bits per heavy atom. The molecule has 114 valence electrons. The van der Waals surface area contributed by atoms with Crippen LogP contribution in [0, 0.1) is 11.6 Å². The second-order valence-electron chi connectivity index (χ2n) is 5.31. The molecule has 0 radical (unpaired) electrons. The highest BCUT2D eigenvalue weighted by molar-refractivity contribution is 5.98. The lowest BCUT2D eigenvalue weighted by atomic mass is 10.1. The van der Waals surface area contributed by atoms with E-state index in [1.807, 2.05) is 0 Å². The van der Waals surface area contributed by atoms with E-state index in [9.17, 15) is 18.4 Å². The first-order valence-electron chi connectivity index (χ1n) is 6.92. The predicted molar refractivity (Wildman–Crippen MR) is 74.0 cm³/mol. The molecule has 0 bridgehead atoms. The maximum absolute atomic E-state index is 13.5. The smallest absolute Gasteiger partial charge is 0.236 e. The third kappa shape index (κ3) is 4.07. The van der Waals surface area contributed by atoms with Crippen LogP contribution < -0.4 is 0 Å². The monoisotopic (exact) mass is 296 g/mol. The number of carbonyl (C=O) groups excluding carboxylic acids is 2. The normalized spacial score (nSPS) is 14.8. The Hall–Kier alpha value is -1.82. The van der Waals surface area contributed by atoms with Gasteiger partial charge in [-0.05, 0) is 32.0 Å². The Morgan fingerprint density at radius 2 is 1.86 bits per heavy atom. The molecule has 4 nitrogen and oxygen atoms in total. The Morgan fingerprint density at radius 1 is 1.19 bits per heavy atom. The van der Waals surface area contributed by atoms with E-state index in [1.54, 1.807) is 16.8 Å². The maximum Gasteiger partial charge on any atom is 0.236 e. The fourth-order valence-corrected chi connectivity index (χ4v) is 2.40. The molecule has 1 fully saturated rings. The number of amides is 1. The van der Waals surface area contributed by atoms with Crippen molar-refractivity contribution in [3.63, 3.8) is 0 Å². The molecule has 1 aliphatic rings. The van der Waals surface area contributed by atoms with Crippen molar-refractivity contribution in [3.8, 4) is 0 Å². The fourth-order valence-electron chi connectivity index (χ4n) is 2.40. The Balaban J connectivity index is 1.90. The van der Waals surface area contributed by atoms with Crippen LogP contribution >= 0.6 is 0 Å². The molecule has 0 atom stereocenters. The third-order valence-electron chi connectivity index (χ3n) is 3.51. The summed E-state index contributed by atoms with van der Waals surface area (Å²) in [7, 11) is 1.63. The van der Waals surface area contributed by atoms with E-state index in [0.717, 1.165) is 38.1 Å². The number of Topliss-reactive ketones (excluding diaryl/α,β-unsaturated/α-hetero) is 1. The second kappa shape index (κ2) is 6.76. The number of likely N-dealkylation sites (tertiary alicyclic amines) is 1. The van der Waals surface area contributed by atoms with Gasteiger partial charge in [-0.25, -0.2) is 8.78 Å². The summed E-state index contributed by atoms with van der Waals surface area (Å²) >= 11 is 0. The van der Waals surface area contributed by atoms with Gasteiger partial charge < -0.3 is 4.90 Å². The summed E-state index contributed by atoms with van der Waals surface area (Å²) in [6, 6.07) is 2.86. The van der Waals surface area contributed by atoms with Gasteiger partial charge in [0.2, 0.25) is 5.91 Å². The van der Waals surface area contributed by atoms with Gasteiger partial charge in [0.25, 0.3) is 0 Å². The van der Waals surface area contributed by atoms with Gasteiger partial charge in [0, 0.05) is 19.2 Å². The Kier molecular flexibility index (Phi) is 5.01. The molecule has 1 aromatic carbocycles. The van der Waals surface area contributed by atoms with Gasteiger partial charge in [0.1, 0.15) is 11.6 Å². The molecule has 1 heterocycles. The SMILES string of the molecule is CN(CC(=O)c1ccc(F)cc1F)CC(=O)N1CCCC1. The molecular weight excluding hydrogens is 278 g/mol. The van der Waals surface area contributed by atoms with Crippen molar-refractivity contribution in [2.75, 3.05) is 33.2 Å². The highest BCUT2D eigenvalue weighted by Gasteiger charge is 2.21. The first-order valence-corrected chi connectivity index (χ1v) is 6.92. The van der Waals surface area contributed by atoms with Gasteiger partial charge in [0.15, 0.2) is 5.78 Å². The number of ketones is 1. The van der Waals surface area contributed by atoms with Crippen LogP contribution in [0.15, 0.2) is 18.2 Å². The zero-order valence-corrected chi connectivity index (χ0v) is 11.9. The number of likely N-dealkylation sites (N-methyl/N-ethyl adjacent to an activating group) is 1. The summed E-state index contributed by atoms with van der Waals surface area (Å²) in [4.78, 5) is 27.2. The minimum Gasteiger partial charge on any atom is -0.342 e. The van der Waals surface area contributed by atoms with E-state index in [-0.39, 0.29) is 24.6 Å². The van der Waals surface area contributed by atoms with Gasteiger partial charge in [-0.2, -0.15) is 0 Å². The van der Waals surface area contributed by atoms with E-state index in [1.165, 1.54) is 0 Å². The van der Waals surface area contributed by atoms with Crippen LogP contribution in [0.1, 0.15) is 23.2 Å². The molecule has 0 spiro atoms. The molecular formula is C15H18F2N2O2. The minimum absolute atomic E-state index is 0.0256. The van der Waals surface area contributed by atoms with Crippen LogP contribution in [-0.4, -0.2) is 54.7 Å². The number of carbonyl (C=O) groups is 2. The van der Waals surface area contributed by atoms with E-state index in [4.69, 9.17) is 0 Å². The summed E-state index contributed by atoms with van der Waals surface area (Å²) in [6.07, 6.45) is 2.02. The largest absolute Gasteiger partial charge is 0.342 e. The zero-order chi connectivity index (χ0) is 15.4. The zero-order valence-electron chi connectivity index (χ0n) is 11.9. The summed E-state index contributed by atoms with van der Waals surface area (Å²) in [6.45, 7) is 1.55. The van der Waals surface area contributed by atoms with E-state index in [2.05, 4.69) is 0 Å². The summed E-state index contributed by atoms with van der Waals surface area (Å²) in [5.41, 5.74) is -0.156. The van der Waals surface area contributed by atoms with Crippen molar-refractivity contribution >= 4 is 11.7 Å². The standard InChI is InChI=1S/C15H18F2N2O2/c1-18(10-15(21)19-6-2-3-7-19)9-14(20)12-5-4-11(16)8-13(12)17/h4-5,8H,2-3,6-7,9-10H2,1H3. The lowest BCUT2D eigenvalue weighted by Gasteiger charge is -2.20. The molecule has 21 heavy (non-hydrogen) atoms. The molecule has 1 aliphatic heterocycles. The van der Waals surface area contributed by atoms with Crippen molar-refractivity contribution in [2.45, 2.75) is 12.8 Å². The quantitative estimate of drug-likeness (QED) is 0.777. The Bertz CT molecular complexity index is 542. The molecule has 0 saturated carbocycles. The molecule has 0 aliphatic carbocycles. The molecule has 6 heteroatoms. The fraction of sp³-hybridized carbons (Fsp3) is 0.467. The van der Waals surface area contributed by atoms with Crippen LogP contribution in [0.4, 0.5) is 8.78 Å². The number of hydrogen-bond donors (Lipinski definition) is 0. The molecule has 0 unspecified atom stereocenters. The van der Waals surface area contributed by atoms with Gasteiger partial charge in [0.05, 0.1) is 18.7 Å². The van der Waals surface area contributed by atoms with Gasteiger partial charge >= 0.3 is 0 Å². The number of nitrogens with zero attached hydrogens (tertiary/aromatic N) is 2. The lowest BCUT2D eigenvalue weighted by molar-refractivity contribution is -0.130. The van der Waals surface area contributed by atoms with Crippen LogP contribution in [0.25, 0.3) is 0 Å². The summed E-state index contributed by atoms with van der Waals surface area (Å²) < 4.78 is 26.3. The van der Waals surface area contributed by atoms with Crippen molar-refractivity contribution in [1.29, 1.82) is 0 Å². The topological polar surface area (TPSA) is 40.6 Å². The van der Waals surface area contributed by atoms with Gasteiger partial charge in [-0.15, -0.1) is 0 Å². The minimum atomic E-state index is -0.876. The Labute approximate surface area is 122 Å². The second-order valence-corrected chi connectivity index (χ2v) is 5.31. The van der Waals surface area contributed by atoms with Crippen molar-refractivity contribution in [3.05, 3.63) is 35.4 Å². The van der Waals surface area contributed by atoms with Gasteiger partial charge in [-0.1, -0.05) is 0 Å². The number of halogens is 2. The maximum atomic E-state index is 13.5. The van der Waals surface area contributed by atoms with Crippen LogP contribution in [0.5, 0.6) is 0 Å². The summed E-state index contributed by atoms with van der Waals surface area (Å²) in [5.74, 6) is -2.09. The van der Waals surface area contributed by atoms with Crippen molar-refractivity contribution in [1.82, 2.24) is 9.80 Å².